The van der Waals surface area contributed by atoms with Gasteiger partial charge in [0.05, 0.1) is 29.9 Å². The average molecular weight is 559 g/mol. The summed E-state index contributed by atoms with van der Waals surface area (Å²) in [6.45, 7) is 1.98. The first kappa shape index (κ1) is 26.8. The van der Waals surface area contributed by atoms with Crippen LogP contribution in [-0.4, -0.2) is 47.9 Å². The number of hydrogen-bond donors (Lipinski definition) is 0. The van der Waals surface area contributed by atoms with Crippen LogP contribution in [0.3, 0.4) is 0 Å². The van der Waals surface area contributed by atoms with Crippen molar-refractivity contribution in [3.63, 3.8) is 0 Å². The number of anilines is 1. The van der Waals surface area contributed by atoms with Gasteiger partial charge in [-0.05, 0) is 78.4 Å². The van der Waals surface area contributed by atoms with Crippen LogP contribution in [0.25, 0.3) is 6.08 Å². The molecule has 2 atom stereocenters. The summed E-state index contributed by atoms with van der Waals surface area (Å²) >= 11 is 0. The van der Waals surface area contributed by atoms with Crippen LogP contribution in [0, 0.1) is 27.7 Å². The Balaban J connectivity index is 1.40. The molecule has 10 heteroatoms. The Bertz CT molecular complexity index is 1530. The second-order valence-corrected chi connectivity index (χ2v) is 10.4. The van der Waals surface area contributed by atoms with E-state index in [9.17, 15) is 23.7 Å². The Labute approximate surface area is 235 Å². The number of rotatable bonds is 5. The minimum absolute atomic E-state index is 0.146. The van der Waals surface area contributed by atoms with Crippen molar-refractivity contribution in [1.82, 2.24) is 5.01 Å². The number of carbonyl (C=O) groups is 1. The molecule has 2 heterocycles. The van der Waals surface area contributed by atoms with E-state index in [0.717, 1.165) is 41.7 Å². The molecule has 41 heavy (non-hydrogen) atoms. The lowest BCUT2D eigenvalue weighted by molar-refractivity contribution is -0.384. The van der Waals surface area contributed by atoms with Gasteiger partial charge in [-0.15, -0.1) is 0 Å². The molecule has 0 unspecified atom stereocenters. The first-order valence-corrected chi connectivity index (χ1v) is 13.6. The van der Waals surface area contributed by atoms with E-state index in [2.05, 4.69) is 0 Å². The van der Waals surface area contributed by atoms with Crippen LogP contribution < -0.4 is 4.90 Å². The second kappa shape index (κ2) is 11.2. The second-order valence-electron chi connectivity index (χ2n) is 10.4. The first-order valence-electron chi connectivity index (χ1n) is 13.6. The van der Waals surface area contributed by atoms with Gasteiger partial charge in [0.2, 0.25) is 0 Å². The van der Waals surface area contributed by atoms with Crippen LogP contribution in [0.5, 0.6) is 0 Å². The predicted octanol–water partition coefficient (Wildman–Crippen LogP) is 6.15. The maximum absolute atomic E-state index is 14.0. The summed E-state index contributed by atoms with van der Waals surface area (Å²) in [5, 5.41) is 18.3. The molecule has 0 spiro atoms. The maximum Gasteiger partial charge on any atom is 0.293 e. The summed E-state index contributed by atoms with van der Waals surface area (Å²) < 4.78 is 32.7. The van der Waals surface area contributed by atoms with Gasteiger partial charge >= 0.3 is 0 Å². The quantitative estimate of drug-likeness (QED) is 0.277. The number of hydrogen-bond acceptors (Lipinski definition) is 6. The van der Waals surface area contributed by atoms with E-state index < -0.39 is 16.9 Å². The van der Waals surface area contributed by atoms with Gasteiger partial charge in [-0.1, -0.05) is 24.3 Å². The van der Waals surface area contributed by atoms with Gasteiger partial charge in [0.15, 0.2) is 0 Å². The van der Waals surface area contributed by atoms with Crippen molar-refractivity contribution >= 4 is 29.1 Å². The third-order valence-corrected chi connectivity index (χ3v) is 7.90. The molecule has 210 valence electrons. The number of carbonyl (C=O) groups excluding carboxylic acids is 1. The molecule has 0 N–H and O–H groups in total. The Kier molecular flexibility index (Phi) is 7.32. The SMILES string of the molecule is O=C(c1ccc(N2CCOCC2)c([N+](=O)[O-])c1)N1N=C2/C(=C/c3ccc(F)cc3)CCC[C@H]2[C@H]1c1ccc(F)cc1. The summed E-state index contributed by atoms with van der Waals surface area (Å²) in [6, 6.07) is 16.2. The number of amides is 1. The number of nitro benzene ring substituents is 1. The molecule has 0 radical (unpaired) electrons. The van der Waals surface area contributed by atoms with Crippen LogP contribution in [0.1, 0.15) is 46.8 Å². The maximum atomic E-state index is 14.0. The van der Waals surface area contributed by atoms with E-state index in [4.69, 9.17) is 9.84 Å². The lowest BCUT2D eigenvalue weighted by atomic mass is 9.77. The Morgan fingerprint density at radius 2 is 1.68 bits per heavy atom. The smallest absolute Gasteiger partial charge is 0.293 e. The molecule has 6 rings (SSSR count). The molecule has 2 fully saturated rings. The van der Waals surface area contributed by atoms with Crippen LogP contribution >= 0.6 is 0 Å². The zero-order valence-electron chi connectivity index (χ0n) is 22.2. The van der Waals surface area contributed by atoms with E-state index in [1.807, 2.05) is 11.0 Å². The molecule has 1 amide bonds. The lowest BCUT2D eigenvalue weighted by Crippen LogP contribution is -2.36. The predicted molar refractivity (Wildman–Crippen MR) is 151 cm³/mol. The standard InChI is InChI=1S/C31H28F2N4O4/c32-24-9-4-20(5-10-24)18-22-2-1-3-26-29(22)34-36(30(26)21-6-11-25(33)12-7-21)31(38)23-8-13-27(28(19-23)37(39)40)35-14-16-41-17-15-35/h4-13,18-19,26,30H,1-3,14-17H2/b22-18+/t26-,30-/m1/s1. The van der Waals surface area contributed by atoms with Gasteiger partial charge in [-0.2, -0.15) is 5.10 Å². The Morgan fingerprint density at radius 3 is 2.37 bits per heavy atom. The number of nitro groups is 1. The number of allylic oxidation sites excluding steroid dienone is 1. The van der Waals surface area contributed by atoms with Crippen molar-refractivity contribution in [2.24, 2.45) is 11.0 Å². The molecule has 0 bridgehead atoms. The topological polar surface area (TPSA) is 88.3 Å². The number of benzene rings is 3. The molecule has 1 aliphatic carbocycles. The molecular weight excluding hydrogens is 530 g/mol. The lowest BCUT2D eigenvalue weighted by Gasteiger charge is -2.30. The zero-order valence-corrected chi connectivity index (χ0v) is 22.2. The minimum atomic E-state index is -0.506. The highest BCUT2D eigenvalue weighted by atomic mass is 19.1. The van der Waals surface area contributed by atoms with Gasteiger partial charge in [-0.25, -0.2) is 13.8 Å². The summed E-state index contributed by atoms with van der Waals surface area (Å²) in [4.78, 5) is 27.5. The fraction of sp³-hybridized carbons (Fsp3) is 0.290. The normalized spacial score (nSPS) is 21.5. The summed E-state index contributed by atoms with van der Waals surface area (Å²) in [5.74, 6) is -1.33. The summed E-state index contributed by atoms with van der Waals surface area (Å²) in [6.07, 6.45) is 4.32. The van der Waals surface area contributed by atoms with Gasteiger partial charge in [0.1, 0.15) is 17.3 Å². The fourth-order valence-electron chi connectivity index (χ4n) is 5.93. The number of nitrogens with zero attached hydrogens (tertiary/aromatic N) is 4. The molecule has 2 aliphatic heterocycles. The average Bonchev–Trinajstić information content (AvgIpc) is 3.39. The van der Waals surface area contributed by atoms with Crippen molar-refractivity contribution in [1.29, 1.82) is 0 Å². The Hall–Kier alpha value is -4.44. The monoisotopic (exact) mass is 558 g/mol. The molecule has 1 saturated carbocycles. The highest BCUT2D eigenvalue weighted by molar-refractivity contribution is 6.09. The molecular formula is C31H28F2N4O4. The summed E-state index contributed by atoms with van der Waals surface area (Å²) in [5.41, 5.74) is 3.68. The molecule has 1 saturated heterocycles. The van der Waals surface area contributed by atoms with E-state index in [1.54, 1.807) is 36.4 Å². The van der Waals surface area contributed by atoms with Crippen LogP contribution in [0.15, 0.2) is 77.4 Å². The van der Waals surface area contributed by atoms with E-state index >= 15 is 0 Å². The highest BCUT2D eigenvalue weighted by Gasteiger charge is 2.44. The largest absolute Gasteiger partial charge is 0.378 e. The molecule has 3 aliphatic rings. The van der Waals surface area contributed by atoms with Crippen LogP contribution in [0.2, 0.25) is 0 Å². The van der Waals surface area contributed by atoms with Crippen molar-refractivity contribution in [3.8, 4) is 0 Å². The van der Waals surface area contributed by atoms with E-state index in [0.29, 0.717) is 32.0 Å². The Morgan fingerprint density at radius 1 is 1.00 bits per heavy atom. The number of fused-ring (bicyclic) bond motifs is 1. The molecule has 3 aromatic carbocycles. The molecule has 3 aromatic rings. The number of halogens is 2. The van der Waals surface area contributed by atoms with Crippen molar-refractivity contribution in [2.45, 2.75) is 25.3 Å². The van der Waals surface area contributed by atoms with Gasteiger partial charge in [0.25, 0.3) is 11.6 Å². The van der Waals surface area contributed by atoms with Crippen LogP contribution in [0.4, 0.5) is 20.2 Å². The molecule has 8 nitrogen and oxygen atoms in total. The highest BCUT2D eigenvalue weighted by Crippen LogP contribution is 2.45. The first-order chi connectivity index (χ1) is 19.9. The van der Waals surface area contributed by atoms with Crippen molar-refractivity contribution < 1.29 is 23.2 Å². The summed E-state index contributed by atoms with van der Waals surface area (Å²) in [7, 11) is 0. The van der Waals surface area contributed by atoms with Gasteiger partial charge in [0, 0.05) is 30.6 Å². The number of ether oxygens (including phenoxy) is 1. The van der Waals surface area contributed by atoms with E-state index in [1.165, 1.54) is 35.3 Å². The van der Waals surface area contributed by atoms with Crippen LogP contribution in [-0.2, 0) is 4.74 Å². The van der Waals surface area contributed by atoms with Crippen molar-refractivity contribution in [3.05, 3.63) is 111 Å². The van der Waals surface area contributed by atoms with E-state index in [-0.39, 0.29) is 28.8 Å². The van der Waals surface area contributed by atoms with Gasteiger partial charge < -0.3 is 9.64 Å². The number of morpholine rings is 1. The third kappa shape index (κ3) is 5.35. The van der Waals surface area contributed by atoms with Crippen molar-refractivity contribution in [2.75, 3.05) is 31.2 Å². The fourth-order valence-corrected chi connectivity index (χ4v) is 5.93. The third-order valence-electron chi connectivity index (χ3n) is 7.90. The number of hydrazone groups is 1. The molecule has 0 aromatic heterocycles. The zero-order chi connectivity index (χ0) is 28.5. The minimum Gasteiger partial charge on any atom is -0.378 e. The van der Waals surface area contributed by atoms with Gasteiger partial charge in [-0.3, -0.25) is 14.9 Å².